The van der Waals surface area contributed by atoms with E-state index in [-0.39, 0.29) is 11.5 Å². The fourth-order valence-electron chi connectivity index (χ4n) is 2.01. The number of ether oxygens (including phenoxy) is 1. The lowest BCUT2D eigenvalue weighted by Crippen LogP contribution is -2.14. The molecule has 3 rings (SSSR count). The lowest BCUT2D eigenvalue weighted by Gasteiger charge is -2.05. The van der Waals surface area contributed by atoms with Gasteiger partial charge in [0.1, 0.15) is 12.1 Å². The van der Waals surface area contributed by atoms with Gasteiger partial charge in [-0.1, -0.05) is 6.07 Å². The van der Waals surface area contributed by atoms with Crippen LogP contribution in [0.1, 0.15) is 10.6 Å². The number of carbonyl (C=O) groups excluding carboxylic acids is 1. The van der Waals surface area contributed by atoms with Crippen LogP contribution in [0.3, 0.4) is 0 Å². The Morgan fingerprint density at radius 1 is 1.17 bits per heavy atom. The third-order valence-corrected chi connectivity index (χ3v) is 3.19. The van der Waals surface area contributed by atoms with Crippen molar-refractivity contribution in [2.24, 2.45) is 0 Å². The molecule has 6 nitrogen and oxygen atoms in total. The van der Waals surface area contributed by atoms with Crippen LogP contribution in [-0.4, -0.2) is 27.8 Å². The molecule has 0 aliphatic heterocycles. The van der Waals surface area contributed by atoms with Gasteiger partial charge in [0.25, 0.3) is 5.91 Å². The summed E-state index contributed by atoms with van der Waals surface area (Å²) in [6.45, 7) is 0. The van der Waals surface area contributed by atoms with E-state index in [9.17, 15) is 13.6 Å². The van der Waals surface area contributed by atoms with Crippen molar-refractivity contribution >= 4 is 11.6 Å². The zero-order valence-electron chi connectivity index (χ0n) is 12.5. The van der Waals surface area contributed by atoms with Crippen molar-refractivity contribution in [3.05, 3.63) is 66.3 Å². The number of amides is 1. The zero-order valence-corrected chi connectivity index (χ0v) is 12.5. The van der Waals surface area contributed by atoms with Crippen molar-refractivity contribution in [1.29, 1.82) is 0 Å². The van der Waals surface area contributed by atoms with Crippen LogP contribution < -0.4 is 10.1 Å². The molecule has 3 aromatic rings. The first-order valence-corrected chi connectivity index (χ1v) is 6.89. The number of methoxy groups -OCH3 is 1. The minimum absolute atomic E-state index is 0.109. The Bertz CT molecular complexity index is 895. The van der Waals surface area contributed by atoms with Crippen molar-refractivity contribution in [3.8, 4) is 11.4 Å². The lowest BCUT2D eigenvalue weighted by atomic mass is 10.3. The van der Waals surface area contributed by atoms with Gasteiger partial charge >= 0.3 is 0 Å². The van der Waals surface area contributed by atoms with Gasteiger partial charge in [-0.3, -0.25) is 4.79 Å². The maximum atomic E-state index is 13.3. The number of hydrogen-bond donors (Lipinski definition) is 1. The van der Waals surface area contributed by atoms with Gasteiger partial charge in [0.05, 0.1) is 12.8 Å². The normalized spacial score (nSPS) is 10.5. The maximum Gasteiger partial charge on any atom is 0.295 e. The fourth-order valence-corrected chi connectivity index (χ4v) is 2.01. The molecule has 1 amide bonds. The Labute approximate surface area is 135 Å². The summed E-state index contributed by atoms with van der Waals surface area (Å²) in [5.74, 6) is -2.03. The smallest absolute Gasteiger partial charge is 0.295 e. The molecule has 1 aromatic heterocycles. The molecular weight excluding hydrogens is 318 g/mol. The molecule has 0 saturated heterocycles. The standard InChI is InChI=1S/C16H12F2N4O2/c1-24-12-4-2-3-10(7-12)20-16(23)15-19-9-22(21-15)11-5-6-13(17)14(18)8-11/h2-9H,1H3,(H,20,23). The molecule has 0 saturated carbocycles. The summed E-state index contributed by atoms with van der Waals surface area (Å²) >= 11 is 0. The van der Waals surface area contributed by atoms with Crippen molar-refractivity contribution < 1.29 is 18.3 Å². The van der Waals surface area contributed by atoms with Crippen molar-refractivity contribution in [1.82, 2.24) is 14.8 Å². The molecule has 122 valence electrons. The monoisotopic (exact) mass is 330 g/mol. The predicted molar refractivity (Wildman–Crippen MR) is 82.2 cm³/mol. The number of hydrogen-bond acceptors (Lipinski definition) is 4. The van der Waals surface area contributed by atoms with Crippen LogP contribution in [0.2, 0.25) is 0 Å². The molecule has 24 heavy (non-hydrogen) atoms. The molecule has 0 spiro atoms. The Kier molecular flexibility index (Phi) is 4.19. The molecule has 0 fully saturated rings. The molecule has 1 heterocycles. The van der Waals surface area contributed by atoms with Crippen molar-refractivity contribution in [2.45, 2.75) is 0 Å². The first kappa shape index (κ1) is 15.6. The Morgan fingerprint density at radius 2 is 2.00 bits per heavy atom. The Balaban J connectivity index is 1.79. The molecule has 0 radical (unpaired) electrons. The third kappa shape index (κ3) is 3.22. The number of rotatable bonds is 4. The van der Waals surface area contributed by atoms with E-state index in [1.54, 1.807) is 24.3 Å². The second kappa shape index (κ2) is 6.45. The highest BCUT2D eigenvalue weighted by Gasteiger charge is 2.13. The summed E-state index contributed by atoms with van der Waals surface area (Å²) in [4.78, 5) is 16.0. The first-order valence-electron chi connectivity index (χ1n) is 6.89. The number of nitrogens with zero attached hydrogens (tertiary/aromatic N) is 3. The van der Waals surface area contributed by atoms with Gasteiger partial charge in [-0.2, -0.15) is 0 Å². The van der Waals surface area contributed by atoms with Gasteiger partial charge in [0, 0.05) is 17.8 Å². The van der Waals surface area contributed by atoms with E-state index < -0.39 is 17.5 Å². The number of nitrogens with one attached hydrogen (secondary N) is 1. The highest BCUT2D eigenvalue weighted by molar-refractivity contribution is 6.01. The number of carbonyl (C=O) groups is 1. The van der Waals surface area contributed by atoms with Gasteiger partial charge in [0.2, 0.25) is 5.82 Å². The van der Waals surface area contributed by atoms with Crippen LogP contribution in [0, 0.1) is 11.6 Å². The van der Waals surface area contributed by atoms with Gasteiger partial charge in [-0.25, -0.2) is 18.4 Å². The molecule has 0 bridgehead atoms. The molecule has 1 N–H and O–H groups in total. The minimum atomic E-state index is -1.01. The van der Waals surface area contributed by atoms with Gasteiger partial charge in [-0.05, 0) is 24.3 Å². The van der Waals surface area contributed by atoms with E-state index in [1.165, 1.54) is 24.2 Å². The Hall–Kier alpha value is -3.29. The predicted octanol–water partition coefficient (Wildman–Crippen LogP) is 2.81. The largest absolute Gasteiger partial charge is 0.497 e. The van der Waals surface area contributed by atoms with Crippen LogP contribution in [0.4, 0.5) is 14.5 Å². The Morgan fingerprint density at radius 3 is 2.75 bits per heavy atom. The van der Waals surface area contributed by atoms with Crippen LogP contribution >= 0.6 is 0 Å². The number of benzene rings is 2. The summed E-state index contributed by atoms with van der Waals surface area (Å²) in [5.41, 5.74) is 0.769. The number of anilines is 1. The topological polar surface area (TPSA) is 69.0 Å². The van der Waals surface area contributed by atoms with E-state index in [0.717, 1.165) is 12.1 Å². The summed E-state index contributed by atoms with van der Waals surface area (Å²) < 4.78 is 32.5. The second-order valence-corrected chi connectivity index (χ2v) is 4.80. The minimum Gasteiger partial charge on any atom is -0.497 e. The molecule has 0 unspecified atom stereocenters. The summed E-state index contributed by atoms with van der Waals surface area (Å²) in [5, 5.41) is 6.59. The van der Waals surface area contributed by atoms with Crippen LogP contribution in [0.5, 0.6) is 5.75 Å². The average molecular weight is 330 g/mol. The molecule has 2 aromatic carbocycles. The van der Waals surface area contributed by atoms with Gasteiger partial charge in [0.15, 0.2) is 11.6 Å². The summed E-state index contributed by atoms with van der Waals surface area (Å²) in [6, 6.07) is 10.1. The highest BCUT2D eigenvalue weighted by atomic mass is 19.2. The quantitative estimate of drug-likeness (QED) is 0.799. The molecule has 0 aliphatic rings. The zero-order chi connectivity index (χ0) is 17.1. The number of halogens is 2. The van der Waals surface area contributed by atoms with Crippen LogP contribution in [-0.2, 0) is 0 Å². The SMILES string of the molecule is COc1cccc(NC(=O)c2ncn(-c3ccc(F)c(F)c3)n2)c1. The van der Waals surface area contributed by atoms with Crippen LogP contribution in [0.25, 0.3) is 5.69 Å². The van der Waals surface area contributed by atoms with E-state index in [2.05, 4.69) is 15.4 Å². The average Bonchev–Trinajstić information content (AvgIpc) is 3.08. The highest BCUT2D eigenvalue weighted by Crippen LogP contribution is 2.17. The van der Waals surface area contributed by atoms with E-state index >= 15 is 0 Å². The second-order valence-electron chi connectivity index (χ2n) is 4.80. The van der Waals surface area contributed by atoms with Crippen molar-refractivity contribution in [2.75, 3.05) is 12.4 Å². The molecule has 8 heteroatoms. The number of aromatic nitrogens is 3. The molecular formula is C16H12F2N4O2. The van der Waals surface area contributed by atoms with E-state index in [0.29, 0.717) is 11.4 Å². The third-order valence-electron chi connectivity index (χ3n) is 3.19. The van der Waals surface area contributed by atoms with E-state index in [4.69, 9.17) is 4.74 Å². The van der Waals surface area contributed by atoms with E-state index in [1.807, 2.05) is 0 Å². The van der Waals surface area contributed by atoms with Gasteiger partial charge in [-0.15, -0.1) is 5.10 Å². The summed E-state index contributed by atoms with van der Waals surface area (Å²) in [7, 11) is 1.52. The molecule has 0 aliphatic carbocycles. The summed E-state index contributed by atoms with van der Waals surface area (Å²) in [6.07, 6.45) is 1.24. The molecule has 0 atom stereocenters. The van der Waals surface area contributed by atoms with Crippen molar-refractivity contribution in [3.63, 3.8) is 0 Å². The maximum absolute atomic E-state index is 13.3. The van der Waals surface area contributed by atoms with Crippen LogP contribution in [0.15, 0.2) is 48.8 Å². The lowest BCUT2D eigenvalue weighted by molar-refractivity contribution is 0.101. The van der Waals surface area contributed by atoms with Gasteiger partial charge < -0.3 is 10.1 Å². The fraction of sp³-hybridized carbons (Fsp3) is 0.0625. The first-order chi connectivity index (χ1) is 11.6.